The molecule has 0 unspecified atom stereocenters. The lowest BCUT2D eigenvalue weighted by Crippen LogP contribution is -2.20. The van der Waals surface area contributed by atoms with Crippen molar-refractivity contribution in [3.8, 4) is 5.75 Å². The number of benzene rings is 2. The minimum absolute atomic E-state index is 0.0811. The Bertz CT molecular complexity index is 737. The average molecular weight is 353 g/mol. The Morgan fingerprint density at radius 2 is 1.75 bits per heavy atom. The first-order valence-electron chi connectivity index (χ1n) is 6.80. The Morgan fingerprint density at radius 3 is 2.38 bits per heavy atom. The topological polar surface area (TPSA) is 76.7 Å². The molecule has 2 amide bonds. The normalized spacial score (nSPS) is 9.96. The number of carbonyl (C=O) groups excluding carboxylic acids is 2. The van der Waals surface area contributed by atoms with Crippen LogP contribution < -0.4 is 15.4 Å². The van der Waals surface area contributed by atoms with Crippen LogP contribution in [0.4, 0.5) is 20.6 Å². The van der Waals surface area contributed by atoms with E-state index in [0.717, 1.165) is 6.07 Å². The molecule has 0 aromatic heterocycles. The van der Waals surface area contributed by atoms with Crippen LogP contribution in [0.3, 0.4) is 0 Å². The third-order valence-electron chi connectivity index (χ3n) is 2.86. The smallest absolute Gasteiger partial charge is 0.411 e. The van der Waals surface area contributed by atoms with Gasteiger partial charge in [-0.05, 0) is 42.5 Å². The lowest BCUT2D eigenvalue weighted by molar-refractivity contribution is -0.118. The quantitative estimate of drug-likeness (QED) is 0.860. The van der Waals surface area contributed by atoms with Crippen molar-refractivity contribution in [1.82, 2.24) is 0 Å². The molecule has 0 saturated carbocycles. The van der Waals surface area contributed by atoms with Crippen LogP contribution >= 0.6 is 11.6 Å². The molecular formula is C16H14ClFN2O4. The van der Waals surface area contributed by atoms with Crippen molar-refractivity contribution in [2.24, 2.45) is 0 Å². The highest BCUT2D eigenvalue weighted by molar-refractivity contribution is 6.31. The summed E-state index contributed by atoms with van der Waals surface area (Å²) in [5.74, 6) is -0.543. The molecule has 6 nitrogen and oxygen atoms in total. The van der Waals surface area contributed by atoms with Crippen LogP contribution in [0.2, 0.25) is 5.02 Å². The van der Waals surface area contributed by atoms with Crippen LogP contribution in [0.15, 0.2) is 42.5 Å². The van der Waals surface area contributed by atoms with E-state index in [1.807, 2.05) is 0 Å². The van der Waals surface area contributed by atoms with Crippen LogP contribution in [0, 0.1) is 5.82 Å². The van der Waals surface area contributed by atoms with E-state index < -0.39 is 17.8 Å². The molecule has 2 rings (SSSR count). The number of ether oxygens (including phenoxy) is 2. The van der Waals surface area contributed by atoms with Gasteiger partial charge in [0.1, 0.15) is 11.6 Å². The van der Waals surface area contributed by atoms with E-state index in [9.17, 15) is 14.0 Å². The van der Waals surface area contributed by atoms with Crippen molar-refractivity contribution in [3.63, 3.8) is 0 Å². The standard InChI is InChI=1S/C16H14ClFN2O4/c1-23-16(22)20-10-2-5-12(6-3-10)24-9-15(21)19-11-4-7-14(18)13(17)8-11/h2-8H,9H2,1H3,(H,19,21)(H,20,22). The third-order valence-corrected chi connectivity index (χ3v) is 3.15. The summed E-state index contributed by atoms with van der Waals surface area (Å²) in [5, 5.41) is 4.94. The second-order valence-electron chi connectivity index (χ2n) is 4.61. The number of anilines is 2. The Kier molecular flexibility index (Phi) is 5.97. The minimum Gasteiger partial charge on any atom is -0.484 e. The lowest BCUT2D eigenvalue weighted by Gasteiger charge is -2.09. The molecule has 0 spiro atoms. The summed E-state index contributed by atoms with van der Waals surface area (Å²) in [6.07, 6.45) is -0.582. The Morgan fingerprint density at radius 1 is 1.08 bits per heavy atom. The Balaban J connectivity index is 1.85. The van der Waals surface area contributed by atoms with E-state index in [2.05, 4.69) is 15.4 Å². The molecule has 0 aliphatic heterocycles. The van der Waals surface area contributed by atoms with Crippen molar-refractivity contribution < 1.29 is 23.5 Å². The number of halogens is 2. The summed E-state index contributed by atoms with van der Waals surface area (Å²) in [7, 11) is 1.26. The number of hydrogen-bond acceptors (Lipinski definition) is 4. The number of rotatable bonds is 5. The van der Waals surface area contributed by atoms with Gasteiger partial charge in [-0.2, -0.15) is 0 Å². The molecule has 0 fully saturated rings. The van der Waals surface area contributed by atoms with Crippen molar-refractivity contribution in [2.75, 3.05) is 24.4 Å². The highest BCUT2D eigenvalue weighted by Gasteiger charge is 2.07. The maximum absolute atomic E-state index is 13.0. The molecule has 24 heavy (non-hydrogen) atoms. The summed E-state index contributed by atoms with van der Waals surface area (Å²) in [6, 6.07) is 10.2. The fourth-order valence-corrected chi connectivity index (χ4v) is 1.90. The highest BCUT2D eigenvalue weighted by Crippen LogP contribution is 2.19. The number of methoxy groups -OCH3 is 1. The largest absolute Gasteiger partial charge is 0.484 e. The summed E-state index contributed by atoms with van der Waals surface area (Å²) < 4.78 is 22.8. The molecule has 0 bridgehead atoms. The van der Waals surface area contributed by atoms with Crippen molar-refractivity contribution in [3.05, 3.63) is 53.3 Å². The van der Waals surface area contributed by atoms with Crippen LogP contribution in [-0.2, 0) is 9.53 Å². The molecule has 0 saturated heterocycles. The monoisotopic (exact) mass is 352 g/mol. The number of nitrogens with one attached hydrogen (secondary N) is 2. The molecule has 126 valence electrons. The molecule has 2 aromatic carbocycles. The van der Waals surface area contributed by atoms with Gasteiger partial charge in [0.15, 0.2) is 6.61 Å². The van der Waals surface area contributed by atoms with Gasteiger partial charge in [0.05, 0.1) is 12.1 Å². The summed E-state index contributed by atoms with van der Waals surface area (Å²) in [4.78, 5) is 22.8. The lowest BCUT2D eigenvalue weighted by atomic mass is 10.3. The molecule has 0 radical (unpaired) electrons. The predicted molar refractivity (Wildman–Crippen MR) is 88.0 cm³/mol. The summed E-state index contributed by atoms with van der Waals surface area (Å²) >= 11 is 5.64. The highest BCUT2D eigenvalue weighted by atomic mass is 35.5. The zero-order valence-corrected chi connectivity index (χ0v) is 13.4. The van der Waals surface area contributed by atoms with Crippen molar-refractivity contribution in [1.29, 1.82) is 0 Å². The number of hydrogen-bond donors (Lipinski definition) is 2. The molecule has 2 aromatic rings. The molecule has 8 heteroatoms. The van der Waals surface area contributed by atoms with Crippen LogP contribution in [-0.4, -0.2) is 25.7 Å². The van der Waals surface area contributed by atoms with Crippen molar-refractivity contribution >= 4 is 35.0 Å². The first-order valence-corrected chi connectivity index (χ1v) is 7.18. The predicted octanol–water partition coefficient (Wildman–Crippen LogP) is 3.67. The first kappa shape index (κ1) is 17.6. The maximum Gasteiger partial charge on any atom is 0.411 e. The second-order valence-corrected chi connectivity index (χ2v) is 5.01. The zero-order chi connectivity index (χ0) is 17.5. The molecule has 0 atom stereocenters. The maximum atomic E-state index is 13.0. The SMILES string of the molecule is COC(=O)Nc1ccc(OCC(=O)Nc2ccc(F)c(Cl)c2)cc1. The Labute approximate surface area is 142 Å². The van der Waals surface area contributed by atoms with E-state index in [0.29, 0.717) is 17.1 Å². The fourth-order valence-electron chi connectivity index (χ4n) is 1.72. The Hall–Kier alpha value is -2.80. The van der Waals surface area contributed by atoms with Gasteiger partial charge in [0.25, 0.3) is 5.91 Å². The zero-order valence-electron chi connectivity index (χ0n) is 12.6. The van der Waals surface area contributed by atoms with Gasteiger partial charge in [0.2, 0.25) is 0 Å². The van der Waals surface area contributed by atoms with E-state index >= 15 is 0 Å². The second kappa shape index (κ2) is 8.16. The summed E-state index contributed by atoms with van der Waals surface area (Å²) in [6.45, 7) is -0.237. The van der Waals surface area contributed by atoms with Gasteiger partial charge < -0.3 is 14.8 Å². The molecule has 2 N–H and O–H groups in total. The minimum atomic E-state index is -0.582. The fraction of sp³-hybridized carbons (Fsp3) is 0.125. The first-order chi connectivity index (χ1) is 11.5. The molecule has 0 heterocycles. The van der Waals surface area contributed by atoms with Crippen LogP contribution in [0.25, 0.3) is 0 Å². The third kappa shape index (κ3) is 5.13. The molecule has 0 aliphatic carbocycles. The van der Waals surface area contributed by atoms with Crippen LogP contribution in [0.1, 0.15) is 0 Å². The molecular weight excluding hydrogens is 339 g/mol. The number of amides is 2. The number of carbonyl (C=O) groups is 2. The van der Waals surface area contributed by atoms with Crippen LogP contribution in [0.5, 0.6) is 5.75 Å². The molecule has 0 aliphatic rings. The average Bonchev–Trinajstić information content (AvgIpc) is 2.57. The van der Waals surface area contributed by atoms with Gasteiger partial charge in [-0.1, -0.05) is 11.6 Å². The van der Waals surface area contributed by atoms with Gasteiger partial charge in [-0.3, -0.25) is 10.1 Å². The van der Waals surface area contributed by atoms with Gasteiger partial charge in [-0.15, -0.1) is 0 Å². The van der Waals surface area contributed by atoms with Gasteiger partial charge in [0, 0.05) is 11.4 Å². The summed E-state index contributed by atoms with van der Waals surface area (Å²) in [5.41, 5.74) is 0.896. The van der Waals surface area contributed by atoms with Crippen molar-refractivity contribution in [2.45, 2.75) is 0 Å². The van der Waals surface area contributed by atoms with Gasteiger partial charge in [-0.25, -0.2) is 9.18 Å². The van der Waals surface area contributed by atoms with E-state index in [4.69, 9.17) is 16.3 Å². The van der Waals surface area contributed by atoms with E-state index in [1.165, 1.54) is 19.2 Å². The van der Waals surface area contributed by atoms with E-state index in [-0.39, 0.29) is 11.6 Å². The van der Waals surface area contributed by atoms with E-state index in [1.54, 1.807) is 24.3 Å². The van der Waals surface area contributed by atoms with Gasteiger partial charge >= 0.3 is 6.09 Å².